The van der Waals surface area contributed by atoms with E-state index in [1.807, 2.05) is 11.8 Å². The Morgan fingerprint density at radius 2 is 1.83 bits per heavy atom. The lowest BCUT2D eigenvalue weighted by Gasteiger charge is -2.38. The van der Waals surface area contributed by atoms with E-state index in [0.29, 0.717) is 0 Å². The van der Waals surface area contributed by atoms with Gasteiger partial charge in [-0.15, -0.1) is 0 Å². The van der Waals surface area contributed by atoms with Gasteiger partial charge in [0.15, 0.2) is 0 Å². The van der Waals surface area contributed by atoms with E-state index in [0.717, 1.165) is 51.7 Å². The quantitative estimate of drug-likeness (QED) is 0.749. The first-order valence-corrected chi connectivity index (χ1v) is 7.18. The topological polar surface area (TPSA) is 47.3 Å². The van der Waals surface area contributed by atoms with Gasteiger partial charge in [-0.1, -0.05) is 0 Å². The maximum atomic E-state index is 12.4. The Labute approximate surface area is 110 Å². The van der Waals surface area contributed by atoms with Crippen molar-refractivity contribution in [1.29, 1.82) is 5.26 Å². The van der Waals surface area contributed by atoms with E-state index in [1.54, 1.807) is 0 Å². The van der Waals surface area contributed by atoms with Crippen LogP contribution in [0.1, 0.15) is 45.4 Å². The number of rotatable bonds is 2. The zero-order chi connectivity index (χ0) is 13.0. The second kappa shape index (κ2) is 6.19. The number of hydrogen-bond donors (Lipinski definition) is 0. The average Bonchev–Trinajstić information content (AvgIpc) is 2.46. The molecule has 18 heavy (non-hydrogen) atoms. The summed E-state index contributed by atoms with van der Waals surface area (Å²) in [6.07, 6.45) is 6.62. The van der Waals surface area contributed by atoms with Gasteiger partial charge in [0.05, 0.1) is 18.2 Å². The molecule has 0 aliphatic carbocycles. The molecule has 4 nitrogen and oxygen atoms in total. The largest absolute Gasteiger partial charge is 0.341 e. The van der Waals surface area contributed by atoms with Crippen LogP contribution < -0.4 is 0 Å². The SMILES string of the molecule is CC(C(=O)N1CCCCC1)N1CCCCC1C#N. The highest BCUT2D eigenvalue weighted by Crippen LogP contribution is 2.21. The van der Waals surface area contributed by atoms with Gasteiger partial charge < -0.3 is 4.90 Å². The van der Waals surface area contributed by atoms with Crippen LogP contribution >= 0.6 is 0 Å². The molecule has 2 aliphatic rings. The minimum absolute atomic E-state index is 0.0671. The summed E-state index contributed by atoms with van der Waals surface area (Å²) in [5, 5.41) is 9.19. The molecule has 0 N–H and O–H groups in total. The average molecular weight is 249 g/mol. The van der Waals surface area contributed by atoms with Crippen molar-refractivity contribution in [1.82, 2.24) is 9.80 Å². The molecule has 2 unspecified atom stereocenters. The summed E-state index contributed by atoms with van der Waals surface area (Å²) in [6, 6.07) is 2.15. The fourth-order valence-corrected chi connectivity index (χ4v) is 3.08. The molecule has 2 rings (SSSR count). The number of nitrogens with zero attached hydrogens (tertiary/aromatic N) is 3. The Bertz CT molecular complexity index is 330. The molecular weight excluding hydrogens is 226 g/mol. The Morgan fingerprint density at radius 1 is 1.17 bits per heavy atom. The molecule has 2 atom stereocenters. The van der Waals surface area contributed by atoms with Gasteiger partial charge in [-0.2, -0.15) is 5.26 Å². The van der Waals surface area contributed by atoms with Gasteiger partial charge in [-0.25, -0.2) is 0 Å². The Kier molecular flexibility index (Phi) is 4.60. The molecule has 2 heterocycles. The summed E-state index contributed by atoms with van der Waals surface area (Å²) in [6.45, 7) is 4.65. The number of amides is 1. The number of carbonyl (C=O) groups is 1. The van der Waals surface area contributed by atoms with Crippen LogP contribution in [0.5, 0.6) is 0 Å². The smallest absolute Gasteiger partial charge is 0.239 e. The fraction of sp³-hybridized carbons (Fsp3) is 0.857. The van der Waals surface area contributed by atoms with Crippen molar-refractivity contribution >= 4 is 5.91 Å². The van der Waals surface area contributed by atoms with Crippen molar-refractivity contribution in [3.8, 4) is 6.07 Å². The van der Waals surface area contributed by atoms with Gasteiger partial charge >= 0.3 is 0 Å². The first kappa shape index (κ1) is 13.4. The number of piperidine rings is 2. The number of likely N-dealkylation sites (tertiary alicyclic amines) is 2. The molecule has 0 aromatic rings. The molecule has 2 saturated heterocycles. The summed E-state index contributed by atoms with van der Waals surface area (Å²) in [5.74, 6) is 0.219. The number of carbonyl (C=O) groups excluding carboxylic acids is 1. The third kappa shape index (κ3) is 2.84. The molecule has 0 bridgehead atoms. The van der Waals surface area contributed by atoms with Crippen molar-refractivity contribution in [2.75, 3.05) is 19.6 Å². The zero-order valence-corrected chi connectivity index (χ0v) is 11.3. The van der Waals surface area contributed by atoms with Crippen molar-refractivity contribution in [3.63, 3.8) is 0 Å². The Hall–Kier alpha value is -1.08. The van der Waals surface area contributed by atoms with Crippen molar-refractivity contribution < 1.29 is 4.79 Å². The van der Waals surface area contributed by atoms with Gasteiger partial charge in [0, 0.05) is 19.6 Å². The first-order valence-electron chi connectivity index (χ1n) is 7.18. The molecule has 2 fully saturated rings. The zero-order valence-electron chi connectivity index (χ0n) is 11.3. The molecular formula is C14H23N3O. The monoisotopic (exact) mass is 249 g/mol. The van der Waals surface area contributed by atoms with Crippen LogP contribution in [0, 0.1) is 11.3 Å². The summed E-state index contributed by atoms with van der Waals surface area (Å²) in [5.41, 5.74) is 0. The molecule has 0 aromatic carbocycles. The summed E-state index contributed by atoms with van der Waals surface area (Å²) in [4.78, 5) is 16.5. The normalized spacial score (nSPS) is 27.6. The van der Waals surface area contributed by atoms with Gasteiger partial charge in [-0.05, 0) is 45.4 Å². The maximum absolute atomic E-state index is 12.4. The minimum atomic E-state index is -0.131. The first-order chi connectivity index (χ1) is 8.74. The predicted molar refractivity (Wildman–Crippen MR) is 69.9 cm³/mol. The van der Waals surface area contributed by atoms with Crippen LogP contribution in [-0.4, -0.2) is 47.4 Å². The third-order valence-corrected chi connectivity index (χ3v) is 4.22. The van der Waals surface area contributed by atoms with E-state index in [4.69, 9.17) is 0 Å². The molecule has 0 radical (unpaired) electrons. The molecule has 0 saturated carbocycles. The van der Waals surface area contributed by atoms with Gasteiger partial charge in [-0.3, -0.25) is 9.69 Å². The van der Waals surface area contributed by atoms with E-state index in [9.17, 15) is 10.1 Å². The van der Waals surface area contributed by atoms with Crippen molar-refractivity contribution in [3.05, 3.63) is 0 Å². The predicted octanol–water partition coefficient (Wildman–Crippen LogP) is 1.77. The Balaban J connectivity index is 1.98. The van der Waals surface area contributed by atoms with Crippen LogP contribution in [0.2, 0.25) is 0 Å². The van der Waals surface area contributed by atoms with Gasteiger partial charge in [0.1, 0.15) is 0 Å². The van der Waals surface area contributed by atoms with E-state index >= 15 is 0 Å². The molecule has 2 aliphatic heterocycles. The van der Waals surface area contributed by atoms with Crippen LogP contribution in [0.4, 0.5) is 0 Å². The molecule has 0 aromatic heterocycles. The number of nitriles is 1. The highest BCUT2D eigenvalue weighted by Gasteiger charge is 2.32. The molecule has 4 heteroatoms. The molecule has 0 spiro atoms. The van der Waals surface area contributed by atoms with E-state index in [2.05, 4.69) is 11.0 Å². The lowest BCUT2D eigenvalue weighted by molar-refractivity contribution is -0.138. The van der Waals surface area contributed by atoms with Crippen molar-refractivity contribution in [2.24, 2.45) is 0 Å². The van der Waals surface area contributed by atoms with E-state index in [1.165, 1.54) is 6.42 Å². The van der Waals surface area contributed by atoms with Crippen LogP contribution in [0.15, 0.2) is 0 Å². The molecule has 100 valence electrons. The number of hydrogen-bond acceptors (Lipinski definition) is 3. The van der Waals surface area contributed by atoms with Crippen LogP contribution in [-0.2, 0) is 4.79 Å². The van der Waals surface area contributed by atoms with Crippen LogP contribution in [0.25, 0.3) is 0 Å². The Morgan fingerprint density at radius 3 is 2.50 bits per heavy atom. The fourth-order valence-electron chi connectivity index (χ4n) is 3.08. The van der Waals surface area contributed by atoms with E-state index < -0.39 is 0 Å². The highest BCUT2D eigenvalue weighted by molar-refractivity contribution is 5.81. The van der Waals surface area contributed by atoms with E-state index in [-0.39, 0.29) is 18.0 Å². The maximum Gasteiger partial charge on any atom is 0.239 e. The summed E-state index contributed by atoms with van der Waals surface area (Å²) in [7, 11) is 0. The standard InChI is InChI=1S/C14H23N3O/c1-12(14(18)16-8-4-2-5-9-16)17-10-6-3-7-13(17)11-15/h12-13H,2-10H2,1H3. The highest BCUT2D eigenvalue weighted by atomic mass is 16.2. The minimum Gasteiger partial charge on any atom is -0.341 e. The lowest BCUT2D eigenvalue weighted by atomic mass is 10.0. The third-order valence-electron chi connectivity index (χ3n) is 4.22. The van der Waals surface area contributed by atoms with Gasteiger partial charge in [0.2, 0.25) is 5.91 Å². The summed E-state index contributed by atoms with van der Waals surface area (Å²) < 4.78 is 0. The second-order valence-corrected chi connectivity index (χ2v) is 5.44. The van der Waals surface area contributed by atoms with Gasteiger partial charge in [0.25, 0.3) is 0 Å². The van der Waals surface area contributed by atoms with Crippen molar-refractivity contribution in [2.45, 2.75) is 57.5 Å². The summed E-state index contributed by atoms with van der Waals surface area (Å²) >= 11 is 0. The second-order valence-electron chi connectivity index (χ2n) is 5.44. The lowest BCUT2D eigenvalue weighted by Crippen LogP contribution is -2.53. The van der Waals surface area contributed by atoms with Crippen LogP contribution in [0.3, 0.4) is 0 Å². The molecule has 1 amide bonds.